The molecule has 0 atom stereocenters. The third-order valence-electron chi connectivity index (χ3n) is 7.76. The van der Waals surface area contributed by atoms with Gasteiger partial charge in [-0.05, 0) is 85.2 Å². The lowest BCUT2D eigenvalue weighted by Crippen LogP contribution is -2.45. The Morgan fingerprint density at radius 1 is 0.580 bits per heavy atom. The van der Waals surface area contributed by atoms with Crippen molar-refractivity contribution in [2.75, 3.05) is 82.7 Å². The van der Waals surface area contributed by atoms with Crippen molar-refractivity contribution in [2.45, 2.75) is 38.0 Å². The van der Waals surface area contributed by atoms with Gasteiger partial charge in [0.05, 0.1) is 16.7 Å². The summed E-state index contributed by atoms with van der Waals surface area (Å²) in [5, 5.41) is 0. The maximum atomic E-state index is 13.1. The van der Waals surface area contributed by atoms with Crippen molar-refractivity contribution in [3.8, 4) is 0 Å². The highest BCUT2D eigenvalue weighted by Gasteiger charge is 2.36. The van der Waals surface area contributed by atoms with Gasteiger partial charge >= 0.3 is 18.5 Å². The van der Waals surface area contributed by atoms with E-state index in [1.807, 2.05) is 7.05 Å². The molecule has 0 saturated carbocycles. The Hall–Kier alpha value is -3.73. The van der Waals surface area contributed by atoms with Gasteiger partial charge < -0.3 is 36.8 Å². The summed E-state index contributed by atoms with van der Waals surface area (Å²) in [6.07, 6.45) is -12.5. The van der Waals surface area contributed by atoms with E-state index in [2.05, 4.69) is 4.90 Å². The maximum Gasteiger partial charge on any atom is 0.418 e. The molecule has 0 radical (unpaired) electrons. The molecule has 6 N–H and O–H groups in total. The van der Waals surface area contributed by atoms with Gasteiger partial charge in [0.25, 0.3) is 0 Å². The first-order chi connectivity index (χ1) is 23.1. The topological polar surface area (TPSA) is 91.0 Å². The van der Waals surface area contributed by atoms with Crippen molar-refractivity contribution in [3.05, 3.63) is 88.0 Å². The van der Waals surface area contributed by atoms with Gasteiger partial charge in [0.2, 0.25) is 0 Å². The third kappa shape index (κ3) is 12.9. The second kappa shape index (κ2) is 18.0. The van der Waals surface area contributed by atoms with Crippen LogP contribution in [0.3, 0.4) is 0 Å². The molecule has 4 rings (SSSR count). The standard InChI is InChI=1S/C13H18F3N3.C11H15F3N2.C10H13F3N2/c1-18-4-6-19(7-5-18)12-3-2-10(9-17)8-11(12)13(14,15)16;1-16(2)10-6-8(3-4-15)5-9(7-10)11(12,13)14;1-15(2)9-4-7(6-14)3-8(5-9)10(11,12)13/h2-3,8H,4-7,9,17H2,1H3;5-7H,3-4,15H2,1-2H3;3-5H,6,14H2,1-2H3. The molecule has 280 valence electrons. The quantitative estimate of drug-likeness (QED) is 0.243. The van der Waals surface area contributed by atoms with Crippen molar-refractivity contribution in [2.24, 2.45) is 17.2 Å². The summed E-state index contributed by atoms with van der Waals surface area (Å²) in [6, 6.07) is 12.2. The van der Waals surface area contributed by atoms with Gasteiger partial charge in [0.15, 0.2) is 0 Å². The number of piperazine rings is 1. The number of likely N-dealkylation sites (N-methyl/N-ethyl adjacent to an activating group) is 1. The fraction of sp³-hybridized carbons (Fsp3) is 0.471. The lowest BCUT2D eigenvalue weighted by molar-refractivity contribution is -0.138. The van der Waals surface area contributed by atoms with Crippen molar-refractivity contribution in [1.82, 2.24) is 4.90 Å². The minimum absolute atomic E-state index is 0.102. The Morgan fingerprint density at radius 2 is 1.04 bits per heavy atom. The summed E-state index contributed by atoms with van der Waals surface area (Å²) in [5.74, 6) is 0. The number of rotatable bonds is 7. The second-order valence-corrected chi connectivity index (χ2v) is 12.1. The highest BCUT2D eigenvalue weighted by Crippen LogP contribution is 2.38. The van der Waals surface area contributed by atoms with Gasteiger partial charge in [0.1, 0.15) is 0 Å². The molecule has 1 saturated heterocycles. The van der Waals surface area contributed by atoms with E-state index in [1.54, 1.807) is 61.1 Å². The van der Waals surface area contributed by atoms with Crippen LogP contribution in [0.1, 0.15) is 33.4 Å². The zero-order chi connectivity index (χ0) is 38.0. The van der Waals surface area contributed by atoms with E-state index in [-0.39, 0.29) is 18.8 Å². The third-order valence-corrected chi connectivity index (χ3v) is 7.76. The maximum absolute atomic E-state index is 13.1. The van der Waals surface area contributed by atoms with Gasteiger partial charge in [-0.25, -0.2) is 0 Å². The van der Waals surface area contributed by atoms with E-state index in [1.165, 1.54) is 6.07 Å². The summed E-state index contributed by atoms with van der Waals surface area (Å²) in [6.45, 7) is 3.33. The van der Waals surface area contributed by atoms with E-state index in [9.17, 15) is 39.5 Å². The summed E-state index contributed by atoms with van der Waals surface area (Å²) in [7, 11) is 8.77. The molecular weight excluding hydrogens is 677 g/mol. The number of nitrogens with two attached hydrogens (primary N) is 3. The number of halogens is 9. The van der Waals surface area contributed by atoms with Gasteiger partial charge in [-0.3, -0.25) is 0 Å². The summed E-state index contributed by atoms with van der Waals surface area (Å²) < 4.78 is 115. The molecule has 0 unspecified atom stereocenters. The molecule has 0 spiro atoms. The zero-order valence-corrected chi connectivity index (χ0v) is 28.8. The number of hydrogen-bond acceptors (Lipinski definition) is 7. The van der Waals surface area contributed by atoms with E-state index < -0.39 is 35.2 Å². The number of benzene rings is 3. The predicted octanol–water partition coefficient (Wildman–Crippen LogP) is 6.42. The first-order valence-corrected chi connectivity index (χ1v) is 15.6. The average molecular weight is 724 g/mol. The Morgan fingerprint density at radius 3 is 1.44 bits per heavy atom. The number of alkyl halides is 9. The van der Waals surface area contributed by atoms with Crippen LogP contribution in [-0.4, -0.2) is 72.9 Å². The van der Waals surface area contributed by atoms with Crippen LogP contribution in [0.5, 0.6) is 0 Å². The van der Waals surface area contributed by atoms with E-state index in [0.29, 0.717) is 54.1 Å². The Labute approximate surface area is 287 Å². The molecule has 0 aliphatic carbocycles. The molecule has 0 aromatic heterocycles. The van der Waals surface area contributed by atoms with Crippen LogP contribution in [-0.2, 0) is 38.0 Å². The normalized spacial score (nSPS) is 14.0. The molecule has 0 amide bonds. The molecule has 50 heavy (non-hydrogen) atoms. The minimum Gasteiger partial charge on any atom is -0.378 e. The Balaban J connectivity index is 0.000000263. The Bertz CT molecular complexity index is 1500. The average Bonchev–Trinajstić information content (AvgIpc) is 3.04. The van der Waals surface area contributed by atoms with Crippen LogP contribution in [0.25, 0.3) is 0 Å². The van der Waals surface area contributed by atoms with Gasteiger partial charge in [0, 0.05) is 84.5 Å². The highest BCUT2D eigenvalue weighted by molar-refractivity contribution is 5.57. The van der Waals surface area contributed by atoms with E-state index in [4.69, 9.17) is 17.2 Å². The van der Waals surface area contributed by atoms with Crippen molar-refractivity contribution in [3.63, 3.8) is 0 Å². The molecule has 16 heteroatoms. The van der Waals surface area contributed by atoms with E-state index >= 15 is 0 Å². The number of anilines is 3. The molecule has 7 nitrogen and oxygen atoms in total. The smallest absolute Gasteiger partial charge is 0.378 e. The second-order valence-electron chi connectivity index (χ2n) is 12.1. The van der Waals surface area contributed by atoms with Crippen LogP contribution in [0, 0.1) is 0 Å². The lowest BCUT2D eigenvalue weighted by atomic mass is 10.1. The monoisotopic (exact) mass is 723 g/mol. The molecule has 0 bridgehead atoms. The van der Waals surface area contributed by atoms with Crippen molar-refractivity contribution >= 4 is 17.1 Å². The predicted molar refractivity (Wildman–Crippen MR) is 181 cm³/mol. The molecule has 3 aromatic rings. The highest BCUT2D eigenvalue weighted by atomic mass is 19.4. The van der Waals surface area contributed by atoms with Crippen LogP contribution < -0.4 is 31.9 Å². The fourth-order valence-corrected chi connectivity index (χ4v) is 4.88. The van der Waals surface area contributed by atoms with Gasteiger partial charge in [-0.15, -0.1) is 0 Å². The first-order valence-electron chi connectivity index (χ1n) is 15.6. The Kier molecular flexibility index (Phi) is 15.2. The van der Waals surface area contributed by atoms with Gasteiger partial charge in [-0.1, -0.05) is 6.07 Å². The largest absolute Gasteiger partial charge is 0.418 e. The van der Waals surface area contributed by atoms with Crippen LogP contribution >= 0.6 is 0 Å². The molecule has 3 aromatic carbocycles. The summed E-state index contributed by atoms with van der Waals surface area (Å²) >= 11 is 0. The van der Waals surface area contributed by atoms with Crippen LogP contribution in [0.15, 0.2) is 54.6 Å². The first kappa shape index (κ1) is 42.4. The fourth-order valence-electron chi connectivity index (χ4n) is 4.88. The molecule has 1 aliphatic rings. The van der Waals surface area contributed by atoms with Crippen molar-refractivity contribution in [1.29, 1.82) is 0 Å². The SMILES string of the molecule is CN(C)c1cc(CCN)cc(C(F)(F)F)c1.CN(C)c1cc(CN)cc(C(F)(F)F)c1.CN1CCN(c2ccc(CN)cc2C(F)(F)F)CC1. The van der Waals surface area contributed by atoms with Crippen molar-refractivity contribution < 1.29 is 39.5 Å². The minimum atomic E-state index is -4.34. The lowest BCUT2D eigenvalue weighted by Gasteiger charge is -2.35. The van der Waals surface area contributed by atoms with E-state index in [0.717, 1.165) is 43.4 Å². The molecule has 1 fully saturated rings. The van der Waals surface area contributed by atoms with Gasteiger partial charge in [-0.2, -0.15) is 39.5 Å². The van der Waals surface area contributed by atoms with Crippen LogP contribution in [0.4, 0.5) is 56.6 Å². The summed E-state index contributed by atoms with van der Waals surface area (Å²) in [4.78, 5) is 7.17. The van der Waals surface area contributed by atoms with Crippen LogP contribution in [0.2, 0.25) is 0 Å². The molecular formula is C34H46F9N7. The molecule has 1 aliphatic heterocycles. The number of nitrogens with zero attached hydrogens (tertiary/aromatic N) is 4. The zero-order valence-electron chi connectivity index (χ0n) is 28.8. The molecule has 1 heterocycles. The number of hydrogen-bond donors (Lipinski definition) is 3. The summed E-state index contributed by atoms with van der Waals surface area (Å²) in [5.41, 5.74) is 17.2.